The molecule has 1 saturated carbocycles. The normalized spacial score (nSPS) is 21.5. The Labute approximate surface area is 151 Å². The van der Waals surface area contributed by atoms with Crippen LogP contribution in [0.3, 0.4) is 0 Å². The van der Waals surface area contributed by atoms with Gasteiger partial charge in [0.2, 0.25) is 5.82 Å². The van der Waals surface area contributed by atoms with E-state index in [0.29, 0.717) is 12.2 Å². The number of amides is 4. The van der Waals surface area contributed by atoms with Crippen LogP contribution in [0.1, 0.15) is 24.0 Å². The second-order valence-corrected chi connectivity index (χ2v) is 6.85. The number of carbonyl (C=O) groups is 2. The van der Waals surface area contributed by atoms with Gasteiger partial charge in [-0.1, -0.05) is 24.3 Å². The van der Waals surface area contributed by atoms with Crippen LogP contribution in [0.4, 0.5) is 9.59 Å². The molecule has 8 heteroatoms. The highest BCUT2D eigenvalue weighted by atomic mass is 16.2. The van der Waals surface area contributed by atoms with Crippen molar-refractivity contribution < 1.29 is 9.59 Å². The molecular formula is C18H21N6O2+. The summed E-state index contributed by atoms with van der Waals surface area (Å²) in [5, 5.41) is 8.57. The van der Waals surface area contributed by atoms with E-state index in [0.717, 1.165) is 24.6 Å². The van der Waals surface area contributed by atoms with E-state index in [1.165, 1.54) is 18.4 Å². The van der Waals surface area contributed by atoms with Crippen LogP contribution in [0, 0.1) is 12.0 Å². The zero-order valence-corrected chi connectivity index (χ0v) is 14.3. The first-order chi connectivity index (χ1) is 12.6. The maximum absolute atomic E-state index is 12.3. The third-order valence-corrected chi connectivity index (χ3v) is 4.71. The largest absolute Gasteiger partial charge is 0.604 e. The molecule has 0 aromatic heterocycles. The lowest BCUT2D eigenvalue weighted by atomic mass is 10.1. The summed E-state index contributed by atoms with van der Waals surface area (Å²) in [6.45, 7) is 2.24. The molecule has 0 radical (unpaired) electrons. The van der Waals surface area contributed by atoms with E-state index >= 15 is 0 Å². The van der Waals surface area contributed by atoms with Crippen molar-refractivity contribution in [2.24, 2.45) is 11.7 Å². The molecular weight excluding hydrogens is 332 g/mol. The zero-order chi connectivity index (χ0) is 18.1. The van der Waals surface area contributed by atoms with Crippen LogP contribution in [-0.2, 0) is 13.1 Å². The fraction of sp³-hybridized carbons (Fsp3) is 0.389. The maximum Gasteiger partial charge on any atom is 0.604 e. The Kier molecular flexibility index (Phi) is 4.22. The Hall–Kier alpha value is -3.05. The number of hydrogen-bond acceptors (Lipinski definition) is 4. The Morgan fingerprint density at radius 3 is 2.88 bits per heavy atom. The van der Waals surface area contributed by atoms with Gasteiger partial charge in [-0.3, -0.25) is 4.90 Å². The van der Waals surface area contributed by atoms with E-state index in [-0.39, 0.29) is 11.9 Å². The van der Waals surface area contributed by atoms with Crippen molar-refractivity contribution in [3.05, 3.63) is 51.8 Å². The number of fused-ring (bicyclic) bond motifs is 1. The summed E-state index contributed by atoms with van der Waals surface area (Å²) in [7, 11) is 0. The van der Waals surface area contributed by atoms with Crippen LogP contribution in [-0.4, -0.2) is 29.5 Å². The summed E-state index contributed by atoms with van der Waals surface area (Å²) in [6, 6.07) is 9.32. The summed E-state index contributed by atoms with van der Waals surface area (Å²) in [6.07, 6.45) is 2.65. The quantitative estimate of drug-likeness (QED) is 0.618. The summed E-state index contributed by atoms with van der Waals surface area (Å²) in [5.41, 5.74) is 8.41. The molecule has 2 heterocycles. The molecule has 2 aliphatic heterocycles. The standard InChI is InChI=1S/C18H20N6O2/c19-16-15-14(9-21-17(25)23-16)24(18(26)22-15)10-13-3-1-2-12(6-13)8-20-7-11-4-5-11/h1-3,6,11,14,20H,4-5,7-8,10,19H2,(H-,22,23,25,26)/p+1. The van der Waals surface area contributed by atoms with Crippen molar-refractivity contribution in [3.8, 4) is 6.07 Å². The molecule has 3 aliphatic rings. The lowest BCUT2D eigenvalue weighted by Gasteiger charge is -2.17. The third kappa shape index (κ3) is 3.48. The van der Waals surface area contributed by atoms with Crippen molar-refractivity contribution in [2.75, 3.05) is 6.54 Å². The minimum Gasteiger partial charge on any atom is -0.365 e. The number of nitrogens with two attached hydrogens (primary N) is 1. The van der Waals surface area contributed by atoms with Gasteiger partial charge in [-0.05, 0) is 36.4 Å². The van der Waals surface area contributed by atoms with Gasteiger partial charge >= 0.3 is 12.1 Å². The molecule has 1 atom stereocenters. The second kappa shape index (κ2) is 6.69. The Bertz CT molecular complexity index is 849. The SMILES string of the molecule is NC1=C2NC(=O)N(Cc3cccc(CNCC4CC4)c3)C2C#[N+]C(=O)N1. The minimum absolute atomic E-state index is 0.0997. The molecule has 1 aliphatic carbocycles. The van der Waals surface area contributed by atoms with Gasteiger partial charge in [0.25, 0.3) is 0 Å². The first-order valence-corrected chi connectivity index (χ1v) is 8.73. The van der Waals surface area contributed by atoms with Crippen LogP contribution in [0.2, 0.25) is 0 Å². The number of nitrogens with zero attached hydrogens (tertiary/aromatic N) is 2. The lowest BCUT2D eigenvalue weighted by Crippen LogP contribution is -2.32. The van der Waals surface area contributed by atoms with Crippen molar-refractivity contribution in [1.29, 1.82) is 0 Å². The monoisotopic (exact) mass is 353 g/mol. The van der Waals surface area contributed by atoms with Crippen molar-refractivity contribution in [2.45, 2.75) is 32.0 Å². The van der Waals surface area contributed by atoms with Gasteiger partial charge in [0, 0.05) is 13.1 Å². The molecule has 26 heavy (non-hydrogen) atoms. The van der Waals surface area contributed by atoms with Gasteiger partial charge in [-0.25, -0.2) is 4.79 Å². The molecule has 8 nitrogen and oxygen atoms in total. The summed E-state index contributed by atoms with van der Waals surface area (Å²) >= 11 is 0. The Morgan fingerprint density at radius 2 is 2.08 bits per heavy atom. The molecule has 1 aromatic carbocycles. The van der Waals surface area contributed by atoms with E-state index in [1.807, 2.05) is 12.1 Å². The average molecular weight is 353 g/mol. The van der Waals surface area contributed by atoms with Gasteiger partial charge in [0.15, 0.2) is 12.1 Å². The van der Waals surface area contributed by atoms with Crippen molar-refractivity contribution in [3.63, 3.8) is 0 Å². The van der Waals surface area contributed by atoms with Gasteiger partial charge in [-0.2, -0.15) is 10.1 Å². The topological polar surface area (TPSA) is 104 Å². The molecule has 134 valence electrons. The zero-order valence-electron chi connectivity index (χ0n) is 14.3. The molecule has 1 saturated heterocycles. The maximum atomic E-state index is 12.3. The predicted molar refractivity (Wildman–Crippen MR) is 95.7 cm³/mol. The number of nitrogens with one attached hydrogen (secondary N) is 3. The van der Waals surface area contributed by atoms with Crippen LogP contribution in [0.25, 0.3) is 4.85 Å². The van der Waals surface area contributed by atoms with Crippen LogP contribution in [0.5, 0.6) is 0 Å². The van der Waals surface area contributed by atoms with E-state index in [9.17, 15) is 9.59 Å². The van der Waals surface area contributed by atoms with Crippen molar-refractivity contribution in [1.82, 2.24) is 20.9 Å². The molecule has 5 N–H and O–H groups in total. The number of hydrogen-bond donors (Lipinski definition) is 4. The highest BCUT2D eigenvalue weighted by Crippen LogP contribution is 2.27. The molecule has 4 rings (SSSR count). The van der Waals surface area contributed by atoms with Gasteiger partial charge in [-0.15, -0.1) is 4.85 Å². The van der Waals surface area contributed by atoms with Crippen LogP contribution < -0.4 is 21.7 Å². The van der Waals surface area contributed by atoms with E-state index in [1.54, 1.807) is 4.90 Å². The van der Waals surface area contributed by atoms with Gasteiger partial charge in [0.1, 0.15) is 5.70 Å². The number of rotatable bonds is 6. The Balaban J connectivity index is 1.48. The molecule has 0 spiro atoms. The van der Waals surface area contributed by atoms with E-state index < -0.39 is 12.1 Å². The van der Waals surface area contributed by atoms with E-state index in [2.05, 4.69) is 39.0 Å². The van der Waals surface area contributed by atoms with Gasteiger partial charge < -0.3 is 16.4 Å². The summed E-state index contributed by atoms with van der Waals surface area (Å²) in [4.78, 5) is 29.0. The first kappa shape index (κ1) is 16.4. The summed E-state index contributed by atoms with van der Waals surface area (Å²) in [5.74, 6) is 0.936. The van der Waals surface area contributed by atoms with Crippen molar-refractivity contribution >= 4 is 12.1 Å². The molecule has 1 unspecified atom stereocenters. The Morgan fingerprint density at radius 1 is 1.27 bits per heavy atom. The number of urea groups is 2. The van der Waals surface area contributed by atoms with E-state index in [4.69, 9.17) is 5.73 Å². The molecule has 1 aromatic rings. The number of carbonyl (C=O) groups excluding carboxylic acids is 2. The fourth-order valence-corrected chi connectivity index (χ4v) is 3.15. The predicted octanol–water partition coefficient (Wildman–Crippen LogP) is 1.26. The molecule has 2 fully saturated rings. The summed E-state index contributed by atoms with van der Waals surface area (Å²) < 4.78 is 0. The molecule has 0 bridgehead atoms. The smallest absolute Gasteiger partial charge is 0.365 e. The fourth-order valence-electron chi connectivity index (χ4n) is 3.15. The minimum atomic E-state index is -0.599. The molecule has 4 amide bonds. The number of benzene rings is 1. The lowest BCUT2D eigenvalue weighted by molar-refractivity contribution is 0.209. The highest BCUT2D eigenvalue weighted by molar-refractivity contribution is 5.89. The van der Waals surface area contributed by atoms with Crippen LogP contribution >= 0.6 is 0 Å². The average Bonchev–Trinajstić information content (AvgIpc) is 3.39. The van der Waals surface area contributed by atoms with Gasteiger partial charge in [0.05, 0.1) is 0 Å². The van der Waals surface area contributed by atoms with Crippen LogP contribution in [0.15, 0.2) is 35.8 Å². The highest BCUT2D eigenvalue weighted by Gasteiger charge is 2.41. The first-order valence-electron chi connectivity index (χ1n) is 8.73. The second-order valence-electron chi connectivity index (χ2n) is 6.85. The third-order valence-electron chi connectivity index (χ3n) is 4.71.